The smallest absolute Gasteiger partial charge is 0.273 e. The highest BCUT2D eigenvalue weighted by Gasteiger charge is 2.68. The molecule has 0 saturated carbocycles. The van der Waals surface area contributed by atoms with E-state index < -0.39 is 11.0 Å². The largest absolute Gasteiger partial charge is 0.497 e. The molecular formula is C28H25N5O4. The third-order valence-electron chi connectivity index (χ3n) is 7.97. The Morgan fingerprint density at radius 1 is 1.05 bits per heavy atom. The van der Waals surface area contributed by atoms with Crippen LogP contribution in [0.4, 0.5) is 5.95 Å². The van der Waals surface area contributed by atoms with Gasteiger partial charge < -0.3 is 10.5 Å². The molecule has 0 radical (unpaired) electrons. The lowest BCUT2D eigenvalue weighted by molar-refractivity contribution is -0.572. The molecule has 2 N–H and O–H groups in total. The first-order valence-electron chi connectivity index (χ1n) is 12.1. The van der Waals surface area contributed by atoms with E-state index in [1.807, 2.05) is 55.5 Å². The molecule has 2 bridgehead atoms. The Bertz CT molecular complexity index is 1510. The monoisotopic (exact) mass is 495 g/mol. The highest BCUT2D eigenvalue weighted by molar-refractivity contribution is 5.97. The Morgan fingerprint density at radius 3 is 2.16 bits per heavy atom. The van der Waals surface area contributed by atoms with Gasteiger partial charge in [-0.1, -0.05) is 67.6 Å². The number of nitrogen functional groups attached to an aromatic ring is 1. The van der Waals surface area contributed by atoms with E-state index in [1.165, 1.54) is 4.68 Å². The molecule has 0 aliphatic heterocycles. The summed E-state index contributed by atoms with van der Waals surface area (Å²) in [6, 6.07) is 21.9. The van der Waals surface area contributed by atoms with Gasteiger partial charge in [-0.3, -0.25) is 14.9 Å². The Labute approximate surface area is 213 Å². The van der Waals surface area contributed by atoms with Crippen LogP contribution in [0.5, 0.6) is 5.75 Å². The topological polar surface area (TPSA) is 126 Å². The number of rotatable bonds is 5. The predicted octanol–water partition coefficient (Wildman–Crippen LogP) is 3.96. The Kier molecular flexibility index (Phi) is 4.95. The minimum atomic E-state index is -1.41. The van der Waals surface area contributed by atoms with Crippen molar-refractivity contribution in [3.05, 3.63) is 117 Å². The van der Waals surface area contributed by atoms with Crippen molar-refractivity contribution in [2.75, 3.05) is 12.8 Å². The fourth-order valence-corrected chi connectivity index (χ4v) is 6.41. The molecule has 3 aliphatic carbocycles. The second-order valence-corrected chi connectivity index (χ2v) is 9.75. The molecular weight excluding hydrogens is 470 g/mol. The fraction of sp³-hybridized carbons (Fsp3) is 0.250. The molecule has 3 aromatic carbocycles. The molecule has 0 spiro atoms. The molecule has 1 heterocycles. The summed E-state index contributed by atoms with van der Waals surface area (Å²) in [5.41, 5.74) is 6.95. The standard InChI is InChI=1S/C28H25N5O4/c1-17-16-27(33(35)36)20-7-3-5-9-22(20)28(17,23-10-6-4-8-21(23)27)25(34)32-26(29)30-24(31-32)15-18-11-13-19(37-2)14-12-18/h3-14,17H,15-16H2,1-2H3,(H2,29,30,31). The molecule has 7 rings (SSSR count). The molecule has 3 aliphatic rings. The summed E-state index contributed by atoms with van der Waals surface area (Å²) >= 11 is 0. The minimum absolute atomic E-state index is 0.0123. The number of ether oxygens (including phenoxy) is 1. The Balaban J connectivity index is 1.51. The van der Waals surface area contributed by atoms with Gasteiger partial charge in [0.05, 0.1) is 7.11 Å². The van der Waals surface area contributed by atoms with Crippen LogP contribution in [0.3, 0.4) is 0 Å². The predicted molar refractivity (Wildman–Crippen MR) is 136 cm³/mol. The van der Waals surface area contributed by atoms with E-state index in [0.29, 0.717) is 34.5 Å². The minimum Gasteiger partial charge on any atom is -0.497 e. The van der Waals surface area contributed by atoms with E-state index in [1.54, 1.807) is 31.4 Å². The lowest BCUT2D eigenvalue weighted by Crippen LogP contribution is -2.61. The first-order valence-corrected chi connectivity index (χ1v) is 12.1. The van der Waals surface area contributed by atoms with Crippen molar-refractivity contribution < 1.29 is 14.5 Å². The third kappa shape index (κ3) is 2.94. The highest BCUT2D eigenvalue weighted by atomic mass is 16.6. The maximum Gasteiger partial charge on any atom is 0.273 e. The van der Waals surface area contributed by atoms with Crippen molar-refractivity contribution in [2.45, 2.75) is 30.7 Å². The molecule has 0 amide bonds. The third-order valence-corrected chi connectivity index (χ3v) is 7.97. The molecule has 37 heavy (non-hydrogen) atoms. The average molecular weight is 496 g/mol. The van der Waals surface area contributed by atoms with E-state index in [4.69, 9.17) is 10.5 Å². The van der Waals surface area contributed by atoms with Gasteiger partial charge in [0.1, 0.15) is 11.2 Å². The number of nitrogens with zero attached hydrogens (tertiary/aromatic N) is 4. The number of aromatic nitrogens is 3. The number of nitro groups is 1. The second kappa shape index (κ2) is 7.99. The van der Waals surface area contributed by atoms with Crippen LogP contribution >= 0.6 is 0 Å². The number of benzene rings is 3. The lowest BCUT2D eigenvalue weighted by Gasteiger charge is -2.53. The van der Waals surface area contributed by atoms with Gasteiger partial charge in [-0.2, -0.15) is 9.67 Å². The molecule has 1 unspecified atom stereocenters. The van der Waals surface area contributed by atoms with Crippen molar-refractivity contribution in [3.63, 3.8) is 0 Å². The van der Waals surface area contributed by atoms with Crippen molar-refractivity contribution in [1.29, 1.82) is 0 Å². The highest BCUT2D eigenvalue weighted by Crippen LogP contribution is 2.62. The first kappa shape index (κ1) is 22.9. The van der Waals surface area contributed by atoms with Gasteiger partial charge in [0.15, 0.2) is 5.82 Å². The van der Waals surface area contributed by atoms with Gasteiger partial charge in [0.25, 0.3) is 11.4 Å². The maximum absolute atomic E-state index is 14.6. The lowest BCUT2D eigenvalue weighted by atomic mass is 9.48. The number of anilines is 1. The normalized spacial score (nSPS) is 23.2. The molecule has 4 aromatic rings. The summed E-state index contributed by atoms with van der Waals surface area (Å²) < 4.78 is 6.39. The van der Waals surface area contributed by atoms with Gasteiger partial charge in [-0.05, 0) is 34.7 Å². The van der Waals surface area contributed by atoms with E-state index in [-0.39, 0.29) is 29.1 Å². The zero-order chi connectivity index (χ0) is 25.9. The number of hydrogen-bond donors (Lipinski definition) is 1. The molecule has 1 aromatic heterocycles. The maximum atomic E-state index is 14.6. The summed E-state index contributed by atoms with van der Waals surface area (Å²) in [4.78, 5) is 31.4. The summed E-state index contributed by atoms with van der Waals surface area (Å²) in [6.45, 7) is 1.90. The van der Waals surface area contributed by atoms with Crippen molar-refractivity contribution in [1.82, 2.24) is 14.8 Å². The summed E-state index contributed by atoms with van der Waals surface area (Å²) in [6.07, 6.45) is 0.571. The van der Waals surface area contributed by atoms with E-state index >= 15 is 0 Å². The average Bonchev–Trinajstić information content (AvgIpc) is 3.28. The van der Waals surface area contributed by atoms with E-state index in [9.17, 15) is 14.9 Å². The number of carbonyl (C=O) groups is 1. The molecule has 9 nitrogen and oxygen atoms in total. The molecule has 186 valence electrons. The molecule has 0 fully saturated rings. The number of fused-ring (bicyclic) bond motifs is 1. The summed E-state index contributed by atoms with van der Waals surface area (Å²) in [5.74, 6) is 0.392. The SMILES string of the molecule is COc1ccc(Cc2nc(N)n(C(=O)C34c5ccccc5C([N+](=O)[O-])(CC3C)c3ccccc34)n2)cc1. The van der Waals surface area contributed by atoms with Crippen LogP contribution in [0.15, 0.2) is 72.8 Å². The number of methoxy groups -OCH3 is 1. The van der Waals surface area contributed by atoms with E-state index in [2.05, 4.69) is 10.1 Å². The van der Waals surface area contributed by atoms with Gasteiger partial charge in [0, 0.05) is 28.9 Å². The molecule has 1 atom stereocenters. The van der Waals surface area contributed by atoms with Crippen molar-refractivity contribution in [2.24, 2.45) is 5.92 Å². The van der Waals surface area contributed by atoms with Crippen molar-refractivity contribution >= 4 is 11.9 Å². The second-order valence-electron chi connectivity index (χ2n) is 9.75. The zero-order valence-electron chi connectivity index (χ0n) is 20.4. The zero-order valence-corrected chi connectivity index (χ0v) is 20.4. The number of nitrogens with two attached hydrogens (primary N) is 1. The Hall–Kier alpha value is -4.53. The van der Waals surface area contributed by atoms with Crippen LogP contribution < -0.4 is 10.5 Å². The Morgan fingerprint density at radius 2 is 1.62 bits per heavy atom. The van der Waals surface area contributed by atoms with Crippen LogP contribution in [0.1, 0.15) is 51.8 Å². The van der Waals surface area contributed by atoms with E-state index in [0.717, 1.165) is 11.3 Å². The van der Waals surface area contributed by atoms with Crippen LogP contribution in [0.2, 0.25) is 0 Å². The van der Waals surface area contributed by atoms with Crippen LogP contribution in [0, 0.1) is 16.0 Å². The van der Waals surface area contributed by atoms with Gasteiger partial charge in [-0.15, -0.1) is 5.10 Å². The fourth-order valence-electron chi connectivity index (χ4n) is 6.41. The first-order chi connectivity index (χ1) is 17.8. The van der Waals surface area contributed by atoms with Crippen LogP contribution in [0.25, 0.3) is 0 Å². The van der Waals surface area contributed by atoms with Gasteiger partial charge in [-0.25, -0.2) is 0 Å². The quantitative estimate of drug-likeness (QED) is 0.328. The van der Waals surface area contributed by atoms with Crippen LogP contribution in [-0.4, -0.2) is 32.7 Å². The van der Waals surface area contributed by atoms with Gasteiger partial charge in [0.2, 0.25) is 5.95 Å². The van der Waals surface area contributed by atoms with Crippen molar-refractivity contribution in [3.8, 4) is 5.75 Å². The summed E-state index contributed by atoms with van der Waals surface area (Å²) in [7, 11) is 1.60. The van der Waals surface area contributed by atoms with Gasteiger partial charge >= 0.3 is 0 Å². The molecule has 0 saturated heterocycles. The summed E-state index contributed by atoms with van der Waals surface area (Å²) in [5, 5.41) is 17.2. The molecule has 9 heteroatoms. The van der Waals surface area contributed by atoms with Crippen LogP contribution in [-0.2, 0) is 17.4 Å². The number of carbonyl (C=O) groups excluding carboxylic acids is 1. The number of hydrogen-bond acceptors (Lipinski definition) is 7.